The van der Waals surface area contributed by atoms with Crippen LogP contribution in [0.2, 0.25) is 0 Å². The standard InChI is InChI=1S/C22H32N2O5/c1-16(2)10-11-23-22(27)20(25)19-9-5-6-12-28-13-14-29-15-17-7-3-4-8-18(17)21(26)24-19/h3-4,7-8,16,19H,5-6,9-15H2,1-2H3,(H,23,27)(H,24,26). The highest BCUT2D eigenvalue weighted by Crippen LogP contribution is 2.13. The second-order valence-corrected chi connectivity index (χ2v) is 7.65. The summed E-state index contributed by atoms with van der Waals surface area (Å²) in [5.74, 6) is -1.20. The number of benzene rings is 1. The Morgan fingerprint density at radius 2 is 1.90 bits per heavy atom. The number of amides is 2. The molecule has 29 heavy (non-hydrogen) atoms. The molecule has 2 rings (SSSR count). The highest BCUT2D eigenvalue weighted by Gasteiger charge is 2.27. The fourth-order valence-electron chi connectivity index (χ4n) is 3.05. The van der Waals surface area contributed by atoms with Crippen LogP contribution in [0, 0.1) is 5.92 Å². The Labute approximate surface area is 172 Å². The van der Waals surface area contributed by atoms with Crippen molar-refractivity contribution < 1.29 is 23.9 Å². The van der Waals surface area contributed by atoms with Crippen LogP contribution < -0.4 is 10.6 Å². The summed E-state index contributed by atoms with van der Waals surface area (Å²) in [7, 11) is 0. The molecule has 0 spiro atoms. The molecule has 7 nitrogen and oxygen atoms in total. The van der Waals surface area contributed by atoms with E-state index < -0.39 is 17.7 Å². The summed E-state index contributed by atoms with van der Waals surface area (Å²) in [6, 6.07) is 6.25. The van der Waals surface area contributed by atoms with Crippen molar-refractivity contribution in [1.82, 2.24) is 10.6 Å². The smallest absolute Gasteiger partial charge is 0.289 e. The molecule has 2 amide bonds. The third kappa shape index (κ3) is 7.95. The molecule has 0 saturated carbocycles. The Kier molecular flexibility index (Phi) is 9.80. The minimum absolute atomic E-state index is 0.279. The number of carbonyl (C=O) groups excluding carboxylic acids is 3. The Morgan fingerprint density at radius 1 is 1.14 bits per heavy atom. The van der Waals surface area contributed by atoms with E-state index in [0.717, 1.165) is 18.4 Å². The van der Waals surface area contributed by atoms with Gasteiger partial charge in [0, 0.05) is 18.7 Å². The maximum absolute atomic E-state index is 12.8. The maximum Gasteiger partial charge on any atom is 0.289 e. The fourth-order valence-corrected chi connectivity index (χ4v) is 3.05. The van der Waals surface area contributed by atoms with E-state index in [4.69, 9.17) is 9.47 Å². The number of hydrogen-bond acceptors (Lipinski definition) is 5. The van der Waals surface area contributed by atoms with Crippen LogP contribution in [0.4, 0.5) is 0 Å². The normalized spacial score (nSPS) is 19.0. The number of hydrogen-bond donors (Lipinski definition) is 2. The van der Waals surface area contributed by atoms with Crippen LogP contribution in [0.15, 0.2) is 24.3 Å². The zero-order valence-electron chi connectivity index (χ0n) is 17.4. The Hall–Kier alpha value is -2.25. The van der Waals surface area contributed by atoms with E-state index in [0.29, 0.717) is 50.7 Å². The molecule has 7 heteroatoms. The van der Waals surface area contributed by atoms with Crippen molar-refractivity contribution in [2.24, 2.45) is 5.92 Å². The SMILES string of the molecule is CC(C)CCNC(=O)C(=O)C1CCCCOCCOCc2ccccc2C(=O)N1. The number of rotatable bonds is 5. The number of ether oxygens (including phenoxy) is 2. The van der Waals surface area contributed by atoms with Crippen LogP contribution in [0.1, 0.15) is 55.5 Å². The van der Waals surface area contributed by atoms with Crippen LogP contribution in [-0.2, 0) is 25.7 Å². The van der Waals surface area contributed by atoms with Gasteiger partial charge in [0.25, 0.3) is 11.8 Å². The summed E-state index contributed by atoms with van der Waals surface area (Å²) in [4.78, 5) is 37.8. The average Bonchev–Trinajstić information content (AvgIpc) is 2.70. The number of fused-ring (bicyclic) bond motifs is 1. The van der Waals surface area contributed by atoms with Gasteiger partial charge in [0.1, 0.15) is 0 Å². The molecule has 1 aliphatic heterocycles. The van der Waals surface area contributed by atoms with E-state index in [1.807, 2.05) is 12.1 Å². The first-order chi connectivity index (χ1) is 14.0. The van der Waals surface area contributed by atoms with Gasteiger partial charge < -0.3 is 20.1 Å². The molecule has 0 aromatic heterocycles. The molecule has 0 fully saturated rings. The molecule has 0 radical (unpaired) electrons. The van der Waals surface area contributed by atoms with Gasteiger partial charge in [0.2, 0.25) is 5.78 Å². The van der Waals surface area contributed by atoms with Crippen LogP contribution in [0.3, 0.4) is 0 Å². The molecule has 1 aliphatic rings. The van der Waals surface area contributed by atoms with E-state index in [1.54, 1.807) is 12.1 Å². The van der Waals surface area contributed by atoms with Crippen molar-refractivity contribution in [1.29, 1.82) is 0 Å². The minimum Gasteiger partial charge on any atom is -0.379 e. The Balaban J connectivity index is 2.11. The van der Waals surface area contributed by atoms with Crippen molar-refractivity contribution in [2.75, 3.05) is 26.4 Å². The summed E-state index contributed by atoms with van der Waals surface area (Å²) >= 11 is 0. The highest BCUT2D eigenvalue weighted by molar-refractivity contribution is 6.38. The highest BCUT2D eigenvalue weighted by atomic mass is 16.5. The van der Waals surface area contributed by atoms with Gasteiger partial charge in [-0.15, -0.1) is 0 Å². The van der Waals surface area contributed by atoms with E-state index in [2.05, 4.69) is 24.5 Å². The fraction of sp³-hybridized carbons (Fsp3) is 0.591. The van der Waals surface area contributed by atoms with Crippen molar-refractivity contribution in [2.45, 2.75) is 52.2 Å². The van der Waals surface area contributed by atoms with Crippen LogP contribution in [0.25, 0.3) is 0 Å². The molecule has 0 bridgehead atoms. The number of carbonyl (C=O) groups is 3. The first-order valence-electron chi connectivity index (χ1n) is 10.4. The second-order valence-electron chi connectivity index (χ2n) is 7.65. The third-order valence-electron chi connectivity index (χ3n) is 4.78. The molecular weight excluding hydrogens is 372 g/mol. The molecular formula is C22H32N2O5. The third-order valence-corrected chi connectivity index (χ3v) is 4.78. The quantitative estimate of drug-likeness (QED) is 0.734. The van der Waals surface area contributed by atoms with Gasteiger partial charge in [-0.3, -0.25) is 14.4 Å². The first kappa shape index (κ1) is 23.0. The topological polar surface area (TPSA) is 93.7 Å². The average molecular weight is 405 g/mol. The molecule has 1 heterocycles. The van der Waals surface area contributed by atoms with Gasteiger partial charge in [-0.1, -0.05) is 32.0 Å². The van der Waals surface area contributed by atoms with E-state index in [-0.39, 0.29) is 12.5 Å². The maximum atomic E-state index is 12.8. The Morgan fingerprint density at radius 3 is 2.69 bits per heavy atom. The van der Waals surface area contributed by atoms with Crippen molar-refractivity contribution in [3.05, 3.63) is 35.4 Å². The first-order valence-corrected chi connectivity index (χ1v) is 10.4. The van der Waals surface area contributed by atoms with E-state index in [9.17, 15) is 14.4 Å². The molecule has 0 saturated heterocycles. The molecule has 160 valence electrons. The van der Waals surface area contributed by atoms with E-state index >= 15 is 0 Å². The molecule has 1 aromatic rings. The lowest BCUT2D eigenvalue weighted by atomic mass is 10.0. The van der Waals surface area contributed by atoms with Gasteiger partial charge >= 0.3 is 0 Å². The van der Waals surface area contributed by atoms with Crippen LogP contribution >= 0.6 is 0 Å². The summed E-state index contributed by atoms with van der Waals surface area (Å²) in [5.41, 5.74) is 1.18. The second kappa shape index (κ2) is 12.3. The summed E-state index contributed by atoms with van der Waals surface area (Å²) in [6.45, 7) is 6.31. The van der Waals surface area contributed by atoms with Crippen molar-refractivity contribution in [3.8, 4) is 0 Å². The zero-order valence-corrected chi connectivity index (χ0v) is 17.4. The number of Topliss-reactive ketones (excluding diaryl/α,β-unsaturated/α-hetero) is 1. The predicted octanol–water partition coefficient (Wildman–Crippen LogP) is 2.23. The van der Waals surface area contributed by atoms with Gasteiger partial charge in [-0.25, -0.2) is 0 Å². The lowest BCUT2D eigenvalue weighted by Gasteiger charge is -2.19. The Bertz CT molecular complexity index is 690. The van der Waals surface area contributed by atoms with Crippen molar-refractivity contribution in [3.63, 3.8) is 0 Å². The predicted molar refractivity (Wildman–Crippen MR) is 109 cm³/mol. The van der Waals surface area contributed by atoms with Gasteiger partial charge in [-0.2, -0.15) is 0 Å². The monoisotopic (exact) mass is 404 g/mol. The summed E-state index contributed by atoms with van der Waals surface area (Å²) < 4.78 is 11.1. The zero-order chi connectivity index (χ0) is 21.1. The van der Waals surface area contributed by atoms with Gasteiger partial charge in [0.15, 0.2) is 0 Å². The lowest BCUT2D eigenvalue weighted by Crippen LogP contribution is -2.48. The van der Waals surface area contributed by atoms with Crippen molar-refractivity contribution >= 4 is 17.6 Å². The van der Waals surface area contributed by atoms with Gasteiger partial charge in [0.05, 0.1) is 25.9 Å². The largest absolute Gasteiger partial charge is 0.379 e. The van der Waals surface area contributed by atoms with Gasteiger partial charge in [-0.05, 0) is 43.2 Å². The summed E-state index contributed by atoms with van der Waals surface area (Å²) in [6.07, 6.45) is 2.59. The van der Waals surface area contributed by atoms with E-state index in [1.165, 1.54) is 0 Å². The molecule has 1 unspecified atom stereocenters. The molecule has 0 aliphatic carbocycles. The van der Waals surface area contributed by atoms with Crippen LogP contribution in [-0.4, -0.2) is 50.0 Å². The minimum atomic E-state index is -0.863. The van der Waals surface area contributed by atoms with Crippen LogP contribution in [0.5, 0.6) is 0 Å². The molecule has 2 N–H and O–H groups in total. The number of nitrogens with one attached hydrogen (secondary N) is 2. The lowest BCUT2D eigenvalue weighted by molar-refractivity contribution is -0.139. The summed E-state index contributed by atoms with van der Waals surface area (Å²) in [5, 5.41) is 5.43. The molecule has 1 atom stereocenters. The molecule has 1 aromatic carbocycles. The number of ketones is 1.